The molecule has 5 rings (SSSR count). The van der Waals surface area contributed by atoms with Crippen LogP contribution in [0.3, 0.4) is 0 Å². The zero-order valence-electron chi connectivity index (χ0n) is 17.7. The number of nitrogens with zero attached hydrogens (tertiary/aromatic N) is 2. The molecule has 6 nitrogen and oxygen atoms in total. The Hall–Kier alpha value is -3.45. The molecule has 2 atom stereocenters. The van der Waals surface area contributed by atoms with Gasteiger partial charge < -0.3 is 14.7 Å². The standard InChI is InChI=1S/C25H22N2O4S/c1-14-7-10-32-24(14)21-20(22(28)17-3-4-19-18(12-17)11-15(2)31-19)23(29)25(30)27(21)13-16-5-8-26-9-6-16/h3-10,12,15,21,28H,11,13H2,1-2H3/b22-20-. The lowest BCUT2D eigenvalue weighted by Crippen LogP contribution is -2.29. The number of pyridine rings is 1. The number of carbonyl (C=O) groups excluding carboxylic acids is 2. The molecule has 3 aromatic rings. The number of hydrogen-bond donors (Lipinski definition) is 1. The van der Waals surface area contributed by atoms with Gasteiger partial charge in [-0.25, -0.2) is 0 Å². The van der Waals surface area contributed by atoms with Crippen LogP contribution < -0.4 is 4.74 Å². The quantitative estimate of drug-likeness (QED) is 0.365. The molecule has 32 heavy (non-hydrogen) atoms. The van der Waals surface area contributed by atoms with Gasteiger partial charge in [-0.2, -0.15) is 0 Å². The number of hydrogen-bond acceptors (Lipinski definition) is 6. The summed E-state index contributed by atoms with van der Waals surface area (Å²) in [4.78, 5) is 32.7. The van der Waals surface area contributed by atoms with Crippen LogP contribution in [0.15, 0.2) is 59.7 Å². The van der Waals surface area contributed by atoms with E-state index >= 15 is 0 Å². The lowest BCUT2D eigenvalue weighted by atomic mass is 9.97. The second-order valence-corrected chi connectivity index (χ2v) is 9.15. The van der Waals surface area contributed by atoms with Gasteiger partial charge in [-0.3, -0.25) is 14.6 Å². The molecule has 4 heterocycles. The Kier molecular flexibility index (Phi) is 5.06. The van der Waals surface area contributed by atoms with E-state index in [0.29, 0.717) is 5.56 Å². The van der Waals surface area contributed by atoms with E-state index in [-0.39, 0.29) is 24.0 Å². The number of ether oxygens (including phenoxy) is 1. The Morgan fingerprint density at radius 3 is 2.72 bits per heavy atom. The molecule has 2 aliphatic rings. The number of aryl methyl sites for hydroxylation is 1. The van der Waals surface area contributed by atoms with Crippen molar-refractivity contribution in [3.63, 3.8) is 0 Å². The molecule has 0 saturated carbocycles. The Labute approximate surface area is 189 Å². The highest BCUT2D eigenvalue weighted by Gasteiger charge is 2.47. The molecule has 7 heteroatoms. The van der Waals surface area contributed by atoms with Gasteiger partial charge in [-0.05, 0) is 72.3 Å². The molecule has 0 spiro atoms. The molecule has 1 N–H and O–H groups in total. The van der Waals surface area contributed by atoms with Crippen LogP contribution in [0.5, 0.6) is 5.75 Å². The molecule has 0 aliphatic carbocycles. The van der Waals surface area contributed by atoms with Gasteiger partial charge in [0.15, 0.2) is 0 Å². The monoisotopic (exact) mass is 446 g/mol. The van der Waals surface area contributed by atoms with Crippen molar-refractivity contribution in [1.29, 1.82) is 0 Å². The van der Waals surface area contributed by atoms with Gasteiger partial charge in [0, 0.05) is 35.8 Å². The Bertz CT molecular complexity index is 1250. The molecule has 1 fully saturated rings. The van der Waals surface area contributed by atoms with E-state index in [1.54, 1.807) is 23.4 Å². The van der Waals surface area contributed by atoms with E-state index in [2.05, 4.69) is 4.98 Å². The summed E-state index contributed by atoms with van der Waals surface area (Å²) >= 11 is 1.48. The smallest absolute Gasteiger partial charge is 0.295 e. The average molecular weight is 447 g/mol. The first-order valence-corrected chi connectivity index (χ1v) is 11.3. The number of likely N-dealkylation sites (tertiary alicyclic amines) is 1. The van der Waals surface area contributed by atoms with Gasteiger partial charge in [-0.15, -0.1) is 11.3 Å². The number of ketones is 1. The van der Waals surface area contributed by atoms with E-state index in [4.69, 9.17) is 4.74 Å². The van der Waals surface area contributed by atoms with Crippen molar-refractivity contribution in [3.8, 4) is 5.75 Å². The second-order valence-electron chi connectivity index (χ2n) is 8.21. The summed E-state index contributed by atoms with van der Waals surface area (Å²) in [5, 5.41) is 13.2. The minimum Gasteiger partial charge on any atom is -0.507 e. The van der Waals surface area contributed by atoms with Crippen LogP contribution in [-0.2, 0) is 22.6 Å². The normalized spacial score (nSPS) is 21.6. The molecule has 1 amide bonds. The Morgan fingerprint density at radius 1 is 1.22 bits per heavy atom. The Morgan fingerprint density at radius 2 is 2.00 bits per heavy atom. The van der Waals surface area contributed by atoms with Crippen LogP contribution in [0, 0.1) is 6.92 Å². The van der Waals surface area contributed by atoms with E-state index in [0.717, 1.165) is 33.7 Å². The Balaban J connectivity index is 1.63. The van der Waals surface area contributed by atoms with Gasteiger partial charge in [0.2, 0.25) is 0 Å². The third kappa shape index (κ3) is 3.39. The predicted molar refractivity (Wildman–Crippen MR) is 121 cm³/mol. The highest BCUT2D eigenvalue weighted by Crippen LogP contribution is 2.43. The maximum atomic E-state index is 13.2. The lowest BCUT2D eigenvalue weighted by Gasteiger charge is -2.25. The SMILES string of the molecule is Cc1ccsc1C1/C(=C(/O)c2ccc3c(c2)CC(C)O3)C(=O)C(=O)N1Cc1ccncc1. The number of aliphatic hydroxyl groups is 1. The summed E-state index contributed by atoms with van der Waals surface area (Å²) < 4.78 is 5.75. The number of rotatable bonds is 4. The summed E-state index contributed by atoms with van der Waals surface area (Å²) in [6.45, 7) is 4.19. The van der Waals surface area contributed by atoms with Gasteiger partial charge in [0.25, 0.3) is 11.7 Å². The van der Waals surface area contributed by atoms with Crippen molar-refractivity contribution in [1.82, 2.24) is 9.88 Å². The number of fused-ring (bicyclic) bond motifs is 1. The van der Waals surface area contributed by atoms with Crippen LogP contribution in [0.1, 0.15) is 40.1 Å². The number of aliphatic hydroxyl groups excluding tert-OH is 1. The number of benzene rings is 1. The number of aromatic nitrogens is 1. The fourth-order valence-corrected chi connectivity index (χ4v) is 5.44. The minimum atomic E-state index is -0.667. The first-order chi connectivity index (χ1) is 15.4. The van der Waals surface area contributed by atoms with Gasteiger partial charge in [-0.1, -0.05) is 0 Å². The van der Waals surface area contributed by atoms with Crippen molar-refractivity contribution >= 4 is 28.8 Å². The summed E-state index contributed by atoms with van der Waals surface area (Å²) in [6, 6.07) is 10.3. The zero-order valence-corrected chi connectivity index (χ0v) is 18.6. The molecular formula is C25H22N2O4S. The third-order valence-corrected chi connectivity index (χ3v) is 7.03. The lowest BCUT2D eigenvalue weighted by molar-refractivity contribution is -0.140. The molecule has 2 aromatic heterocycles. The van der Waals surface area contributed by atoms with Crippen molar-refractivity contribution < 1.29 is 19.4 Å². The molecule has 1 aromatic carbocycles. The zero-order chi connectivity index (χ0) is 22.4. The van der Waals surface area contributed by atoms with Gasteiger partial charge in [0.05, 0.1) is 5.57 Å². The van der Waals surface area contributed by atoms with Crippen LogP contribution in [-0.4, -0.2) is 32.8 Å². The fourth-order valence-electron chi connectivity index (χ4n) is 4.39. The first-order valence-electron chi connectivity index (χ1n) is 10.5. The maximum Gasteiger partial charge on any atom is 0.295 e. The van der Waals surface area contributed by atoms with E-state index < -0.39 is 17.7 Å². The van der Waals surface area contributed by atoms with Crippen LogP contribution in [0.4, 0.5) is 0 Å². The number of Topliss-reactive ketones (excluding diaryl/α,β-unsaturated/α-hetero) is 1. The van der Waals surface area contributed by atoms with E-state index in [1.165, 1.54) is 11.3 Å². The number of carbonyl (C=O) groups is 2. The fraction of sp³-hybridized carbons (Fsp3) is 0.240. The third-order valence-electron chi connectivity index (χ3n) is 5.96. The molecule has 162 valence electrons. The molecule has 1 saturated heterocycles. The van der Waals surface area contributed by atoms with Crippen molar-refractivity contribution in [2.75, 3.05) is 0 Å². The van der Waals surface area contributed by atoms with Crippen molar-refractivity contribution in [3.05, 3.63) is 86.9 Å². The number of thiophene rings is 1. The molecule has 2 unspecified atom stereocenters. The predicted octanol–water partition coefficient (Wildman–Crippen LogP) is 4.40. The highest BCUT2D eigenvalue weighted by atomic mass is 32.1. The van der Waals surface area contributed by atoms with Crippen molar-refractivity contribution in [2.45, 2.75) is 39.0 Å². The summed E-state index contributed by atoms with van der Waals surface area (Å²) in [6.07, 6.45) is 4.12. The van der Waals surface area contributed by atoms with Crippen LogP contribution in [0.25, 0.3) is 5.76 Å². The molecule has 0 radical (unpaired) electrons. The number of amides is 1. The van der Waals surface area contributed by atoms with Crippen LogP contribution >= 0.6 is 11.3 Å². The molecule has 0 bridgehead atoms. The highest BCUT2D eigenvalue weighted by molar-refractivity contribution is 7.10. The average Bonchev–Trinajstić information content (AvgIpc) is 3.44. The summed E-state index contributed by atoms with van der Waals surface area (Å²) in [5.41, 5.74) is 3.47. The molecular weight excluding hydrogens is 424 g/mol. The van der Waals surface area contributed by atoms with Crippen LogP contribution in [0.2, 0.25) is 0 Å². The molecule has 2 aliphatic heterocycles. The van der Waals surface area contributed by atoms with Gasteiger partial charge >= 0.3 is 0 Å². The van der Waals surface area contributed by atoms with Gasteiger partial charge in [0.1, 0.15) is 23.7 Å². The maximum absolute atomic E-state index is 13.2. The second kappa shape index (κ2) is 7.91. The summed E-state index contributed by atoms with van der Waals surface area (Å²) in [5.74, 6) is -0.641. The topological polar surface area (TPSA) is 79.7 Å². The first kappa shape index (κ1) is 20.5. The van der Waals surface area contributed by atoms with Crippen molar-refractivity contribution in [2.24, 2.45) is 0 Å². The largest absolute Gasteiger partial charge is 0.507 e. The van der Waals surface area contributed by atoms with E-state index in [9.17, 15) is 14.7 Å². The summed E-state index contributed by atoms with van der Waals surface area (Å²) in [7, 11) is 0. The minimum absolute atomic E-state index is 0.0714. The van der Waals surface area contributed by atoms with E-state index in [1.807, 2.05) is 49.6 Å².